The van der Waals surface area contributed by atoms with Crippen LogP contribution in [0.25, 0.3) is 0 Å². The van der Waals surface area contributed by atoms with Crippen LogP contribution >= 0.6 is 0 Å². The Balaban J connectivity index is 1.54. The molecule has 1 N–H and O–H groups in total. The fraction of sp³-hybridized carbons (Fsp3) is 0.579. The minimum atomic E-state index is -0.115. The van der Waals surface area contributed by atoms with Crippen LogP contribution in [0, 0.1) is 5.92 Å². The van der Waals surface area contributed by atoms with Crippen LogP contribution in [0.2, 0.25) is 0 Å². The van der Waals surface area contributed by atoms with Crippen LogP contribution in [-0.2, 0) is 4.74 Å². The van der Waals surface area contributed by atoms with Crippen molar-refractivity contribution in [2.45, 2.75) is 38.7 Å². The monoisotopic (exact) mass is 330 g/mol. The first-order valence-electron chi connectivity index (χ1n) is 8.92. The van der Waals surface area contributed by atoms with Gasteiger partial charge in [-0.3, -0.25) is 9.59 Å². The molecular formula is C19H26N2O3. The molecule has 130 valence electrons. The third kappa shape index (κ3) is 4.15. The Morgan fingerprint density at radius 2 is 1.79 bits per heavy atom. The first-order chi connectivity index (χ1) is 11.6. The minimum absolute atomic E-state index is 0.0632. The highest BCUT2D eigenvalue weighted by atomic mass is 16.5. The van der Waals surface area contributed by atoms with E-state index in [1.165, 1.54) is 0 Å². The van der Waals surface area contributed by atoms with Gasteiger partial charge in [0.05, 0.1) is 6.10 Å². The third-order valence-electron chi connectivity index (χ3n) is 4.98. The lowest BCUT2D eigenvalue weighted by atomic mass is 9.98. The summed E-state index contributed by atoms with van der Waals surface area (Å²) < 4.78 is 5.50. The molecule has 5 nitrogen and oxygen atoms in total. The molecule has 24 heavy (non-hydrogen) atoms. The summed E-state index contributed by atoms with van der Waals surface area (Å²) in [5.41, 5.74) is 1.23. The molecule has 5 heteroatoms. The van der Waals surface area contributed by atoms with Crippen molar-refractivity contribution in [2.75, 3.05) is 26.2 Å². The number of nitrogens with zero attached hydrogens (tertiary/aromatic N) is 1. The van der Waals surface area contributed by atoms with Crippen LogP contribution in [0.15, 0.2) is 24.3 Å². The molecule has 2 saturated heterocycles. The molecule has 0 aliphatic carbocycles. The van der Waals surface area contributed by atoms with Crippen molar-refractivity contribution in [3.8, 4) is 0 Å². The highest BCUT2D eigenvalue weighted by molar-refractivity contribution is 5.97. The number of likely N-dealkylation sites (tertiary alicyclic amines) is 1. The number of benzene rings is 1. The molecule has 0 aromatic heterocycles. The quantitative estimate of drug-likeness (QED) is 0.922. The largest absolute Gasteiger partial charge is 0.376 e. The van der Waals surface area contributed by atoms with Gasteiger partial charge in [-0.1, -0.05) is 6.92 Å². The maximum Gasteiger partial charge on any atom is 0.253 e. The minimum Gasteiger partial charge on any atom is -0.376 e. The van der Waals surface area contributed by atoms with Crippen LogP contribution in [-0.4, -0.2) is 49.1 Å². The molecule has 0 saturated carbocycles. The van der Waals surface area contributed by atoms with Crippen molar-refractivity contribution < 1.29 is 14.3 Å². The van der Waals surface area contributed by atoms with E-state index in [2.05, 4.69) is 12.2 Å². The predicted molar refractivity (Wildman–Crippen MR) is 92.1 cm³/mol. The van der Waals surface area contributed by atoms with E-state index < -0.39 is 0 Å². The van der Waals surface area contributed by atoms with E-state index in [1.54, 1.807) is 24.3 Å². The van der Waals surface area contributed by atoms with E-state index in [0.717, 1.165) is 45.4 Å². The van der Waals surface area contributed by atoms with E-state index in [-0.39, 0.29) is 17.9 Å². The number of hydrogen-bond donors (Lipinski definition) is 1. The number of amides is 2. The van der Waals surface area contributed by atoms with Gasteiger partial charge >= 0.3 is 0 Å². The topological polar surface area (TPSA) is 58.6 Å². The molecule has 0 spiro atoms. The van der Waals surface area contributed by atoms with Gasteiger partial charge in [0.25, 0.3) is 11.8 Å². The number of carbonyl (C=O) groups is 2. The van der Waals surface area contributed by atoms with Gasteiger partial charge < -0.3 is 15.0 Å². The van der Waals surface area contributed by atoms with Crippen molar-refractivity contribution in [1.29, 1.82) is 0 Å². The molecule has 1 atom stereocenters. The molecule has 1 unspecified atom stereocenters. The first kappa shape index (κ1) is 17.0. The summed E-state index contributed by atoms with van der Waals surface area (Å²) in [7, 11) is 0. The van der Waals surface area contributed by atoms with Gasteiger partial charge in [-0.05, 0) is 55.9 Å². The molecule has 0 radical (unpaired) electrons. The number of rotatable bonds is 4. The summed E-state index contributed by atoms with van der Waals surface area (Å²) in [6, 6.07) is 6.96. The van der Waals surface area contributed by atoms with Crippen LogP contribution in [0.4, 0.5) is 0 Å². The normalized spacial score (nSPS) is 21.7. The molecule has 2 amide bonds. The van der Waals surface area contributed by atoms with Crippen molar-refractivity contribution >= 4 is 11.8 Å². The second-order valence-electron chi connectivity index (χ2n) is 6.90. The van der Waals surface area contributed by atoms with E-state index in [4.69, 9.17) is 4.74 Å². The summed E-state index contributed by atoms with van der Waals surface area (Å²) >= 11 is 0. The standard InChI is InChI=1S/C19H26N2O3/c1-14-8-10-21(11-9-14)19(23)16-6-4-15(5-7-16)18(22)20-13-17-3-2-12-24-17/h4-7,14,17H,2-3,8-13H2,1H3,(H,20,22). The van der Waals surface area contributed by atoms with Crippen molar-refractivity contribution in [1.82, 2.24) is 10.2 Å². The van der Waals surface area contributed by atoms with Gasteiger partial charge in [0.15, 0.2) is 0 Å². The molecular weight excluding hydrogens is 304 g/mol. The lowest BCUT2D eigenvalue weighted by Gasteiger charge is -2.30. The second kappa shape index (κ2) is 7.79. The lowest BCUT2D eigenvalue weighted by Crippen LogP contribution is -2.37. The van der Waals surface area contributed by atoms with Crippen molar-refractivity contribution in [3.63, 3.8) is 0 Å². The first-order valence-corrected chi connectivity index (χ1v) is 8.92. The number of carbonyl (C=O) groups excluding carboxylic acids is 2. The summed E-state index contributed by atoms with van der Waals surface area (Å²) in [4.78, 5) is 26.6. The van der Waals surface area contributed by atoms with Crippen LogP contribution < -0.4 is 5.32 Å². The molecule has 3 rings (SSSR count). The van der Waals surface area contributed by atoms with Crippen LogP contribution in [0.3, 0.4) is 0 Å². The Morgan fingerprint density at radius 3 is 2.42 bits per heavy atom. The average molecular weight is 330 g/mol. The molecule has 1 aromatic rings. The zero-order valence-electron chi connectivity index (χ0n) is 14.3. The molecule has 0 bridgehead atoms. The van der Waals surface area contributed by atoms with Gasteiger partial charge in [0, 0.05) is 37.4 Å². The highest BCUT2D eigenvalue weighted by Crippen LogP contribution is 2.18. The molecule has 1 aromatic carbocycles. The summed E-state index contributed by atoms with van der Waals surface area (Å²) in [6.45, 7) is 5.21. The van der Waals surface area contributed by atoms with E-state index >= 15 is 0 Å². The number of piperidine rings is 1. The Labute approximate surface area is 143 Å². The van der Waals surface area contributed by atoms with Gasteiger partial charge in [-0.2, -0.15) is 0 Å². The molecule has 2 heterocycles. The van der Waals surface area contributed by atoms with Gasteiger partial charge in [-0.15, -0.1) is 0 Å². The maximum absolute atomic E-state index is 12.5. The highest BCUT2D eigenvalue weighted by Gasteiger charge is 2.22. The fourth-order valence-electron chi connectivity index (χ4n) is 3.27. The average Bonchev–Trinajstić information content (AvgIpc) is 3.13. The van der Waals surface area contributed by atoms with Gasteiger partial charge in [0.1, 0.15) is 0 Å². The number of nitrogens with one attached hydrogen (secondary N) is 1. The Morgan fingerprint density at radius 1 is 1.12 bits per heavy atom. The summed E-state index contributed by atoms with van der Waals surface area (Å²) in [5.74, 6) is 0.647. The zero-order valence-corrected chi connectivity index (χ0v) is 14.3. The molecule has 2 fully saturated rings. The van der Waals surface area contributed by atoms with Gasteiger partial charge in [-0.25, -0.2) is 0 Å². The lowest BCUT2D eigenvalue weighted by molar-refractivity contribution is 0.0696. The third-order valence-corrected chi connectivity index (χ3v) is 4.98. The molecule has 2 aliphatic heterocycles. The van der Waals surface area contributed by atoms with Crippen LogP contribution in [0.1, 0.15) is 53.3 Å². The SMILES string of the molecule is CC1CCN(C(=O)c2ccc(C(=O)NCC3CCCO3)cc2)CC1. The van der Waals surface area contributed by atoms with Crippen molar-refractivity contribution in [3.05, 3.63) is 35.4 Å². The summed E-state index contributed by atoms with van der Waals surface area (Å²) in [5, 5.41) is 2.90. The number of ether oxygens (including phenoxy) is 1. The van der Waals surface area contributed by atoms with E-state index in [0.29, 0.717) is 23.6 Å². The Bertz CT molecular complexity index is 571. The van der Waals surface area contributed by atoms with Gasteiger partial charge in [0.2, 0.25) is 0 Å². The number of hydrogen-bond acceptors (Lipinski definition) is 3. The predicted octanol–water partition coefficient (Wildman–Crippen LogP) is 2.47. The van der Waals surface area contributed by atoms with E-state index in [1.807, 2.05) is 4.90 Å². The fourth-order valence-corrected chi connectivity index (χ4v) is 3.27. The smallest absolute Gasteiger partial charge is 0.253 e. The summed E-state index contributed by atoms with van der Waals surface area (Å²) in [6.07, 6.45) is 4.33. The Hall–Kier alpha value is -1.88. The second-order valence-corrected chi connectivity index (χ2v) is 6.90. The zero-order chi connectivity index (χ0) is 16.9. The van der Waals surface area contributed by atoms with Crippen LogP contribution in [0.5, 0.6) is 0 Å². The maximum atomic E-state index is 12.5. The van der Waals surface area contributed by atoms with Crippen molar-refractivity contribution in [2.24, 2.45) is 5.92 Å². The molecule has 2 aliphatic rings. The Kier molecular flexibility index (Phi) is 5.51. The van der Waals surface area contributed by atoms with E-state index in [9.17, 15) is 9.59 Å².